The van der Waals surface area contributed by atoms with Crippen molar-refractivity contribution in [1.82, 2.24) is 10.3 Å². The molecule has 3 aromatic rings. The van der Waals surface area contributed by atoms with Crippen molar-refractivity contribution in [3.8, 4) is 0 Å². The molecule has 0 aliphatic rings. The highest BCUT2D eigenvalue weighted by Crippen LogP contribution is 2.25. The van der Waals surface area contributed by atoms with Crippen molar-refractivity contribution in [2.75, 3.05) is 5.73 Å². The predicted octanol–water partition coefficient (Wildman–Crippen LogP) is 4.42. The molecule has 3 rings (SSSR count). The Kier molecular flexibility index (Phi) is 6.34. The van der Waals surface area contributed by atoms with E-state index in [1.807, 2.05) is 37.3 Å². The number of benzene rings is 2. The number of amides is 1. The van der Waals surface area contributed by atoms with Gasteiger partial charge in [-0.05, 0) is 41.8 Å². The first kappa shape index (κ1) is 20.2. The van der Waals surface area contributed by atoms with Gasteiger partial charge in [0.05, 0.1) is 6.04 Å². The standard InChI is InChI=1S/C23H21F2N3O/c1-15(28-21(29)11-10-17-6-3-9-20(24)22(17)25)19-8-2-7-18(23(19)26)13-16-5-4-12-27-14-16/h2-12,14-15H,13,26H2,1H3,(H,28,29)/t15-/m0/s1. The SMILES string of the molecule is C[C@H](NC(=O)C=Cc1cccc(F)c1F)c1cccc(Cc2cccnc2)c1N. The number of nitrogen functional groups attached to an aromatic ring is 1. The number of nitrogens with zero attached hydrogens (tertiary/aromatic N) is 1. The van der Waals surface area contributed by atoms with E-state index in [2.05, 4.69) is 10.3 Å². The summed E-state index contributed by atoms with van der Waals surface area (Å²) in [5.41, 5.74) is 9.69. The van der Waals surface area contributed by atoms with Crippen LogP contribution in [0.15, 0.2) is 67.0 Å². The number of rotatable bonds is 6. The summed E-state index contributed by atoms with van der Waals surface area (Å²) in [6.45, 7) is 1.81. The lowest BCUT2D eigenvalue weighted by atomic mass is 9.98. The summed E-state index contributed by atoms with van der Waals surface area (Å²) in [4.78, 5) is 16.3. The zero-order chi connectivity index (χ0) is 20.8. The topological polar surface area (TPSA) is 68.0 Å². The molecule has 2 aromatic carbocycles. The first-order valence-electron chi connectivity index (χ1n) is 9.14. The molecule has 0 aliphatic carbocycles. The van der Waals surface area contributed by atoms with Crippen LogP contribution >= 0.6 is 0 Å². The Hall–Kier alpha value is -3.54. The van der Waals surface area contributed by atoms with E-state index in [4.69, 9.17) is 5.73 Å². The van der Waals surface area contributed by atoms with Gasteiger partial charge in [-0.1, -0.05) is 36.4 Å². The van der Waals surface area contributed by atoms with Crippen LogP contribution in [0.5, 0.6) is 0 Å². The highest BCUT2D eigenvalue weighted by Gasteiger charge is 2.14. The average molecular weight is 393 g/mol. The number of halogens is 2. The first-order valence-corrected chi connectivity index (χ1v) is 9.14. The van der Waals surface area contributed by atoms with E-state index in [1.54, 1.807) is 12.4 Å². The van der Waals surface area contributed by atoms with E-state index in [1.165, 1.54) is 24.3 Å². The number of pyridine rings is 1. The van der Waals surface area contributed by atoms with Gasteiger partial charge in [0.1, 0.15) is 0 Å². The smallest absolute Gasteiger partial charge is 0.244 e. The van der Waals surface area contributed by atoms with Crippen molar-refractivity contribution in [2.45, 2.75) is 19.4 Å². The van der Waals surface area contributed by atoms with Crippen LogP contribution in [0.3, 0.4) is 0 Å². The monoisotopic (exact) mass is 393 g/mol. The minimum absolute atomic E-state index is 0.00536. The number of para-hydroxylation sites is 1. The summed E-state index contributed by atoms with van der Waals surface area (Å²) < 4.78 is 26.9. The zero-order valence-corrected chi connectivity index (χ0v) is 15.9. The van der Waals surface area contributed by atoms with Crippen molar-refractivity contribution in [1.29, 1.82) is 0 Å². The summed E-state index contributed by atoms with van der Waals surface area (Å²) in [7, 11) is 0. The third kappa shape index (κ3) is 5.04. The molecule has 1 atom stereocenters. The number of nitrogens with two attached hydrogens (primary N) is 1. The van der Waals surface area contributed by atoms with Crippen molar-refractivity contribution in [3.63, 3.8) is 0 Å². The Morgan fingerprint density at radius 1 is 1.17 bits per heavy atom. The van der Waals surface area contributed by atoms with Crippen LogP contribution in [0.1, 0.15) is 35.2 Å². The normalized spacial score (nSPS) is 12.1. The Bertz CT molecular complexity index is 1040. The van der Waals surface area contributed by atoms with E-state index in [0.717, 1.165) is 22.8 Å². The quantitative estimate of drug-likeness (QED) is 0.481. The first-order chi connectivity index (χ1) is 14.0. The highest BCUT2D eigenvalue weighted by molar-refractivity contribution is 5.92. The fourth-order valence-electron chi connectivity index (χ4n) is 3.04. The molecule has 0 saturated heterocycles. The van der Waals surface area contributed by atoms with Gasteiger partial charge < -0.3 is 11.1 Å². The Balaban J connectivity index is 1.71. The van der Waals surface area contributed by atoms with Gasteiger partial charge in [0, 0.05) is 36.1 Å². The fraction of sp³-hybridized carbons (Fsp3) is 0.130. The van der Waals surface area contributed by atoms with Gasteiger partial charge in [-0.3, -0.25) is 9.78 Å². The number of aromatic nitrogens is 1. The molecule has 0 fully saturated rings. The number of nitrogens with one attached hydrogen (secondary N) is 1. The van der Waals surface area contributed by atoms with Crippen molar-refractivity contribution in [2.24, 2.45) is 0 Å². The third-order valence-electron chi connectivity index (χ3n) is 4.57. The molecule has 29 heavy (non-hydrogen) atoms. The summed E-state index contributed by atoms with van der Waals surface area (Å²) in [6.07, 6.45) is 6.54. The third-order valence-corrected chi connectivity index (χ3v) is 4.57. The minimum Gasteiger partial charge on any atom is -0.398 e. The van der Waals surface area contributed by atoms with E-state index in [9.17, 15) is 13.6 Å². The number of hydrogen-bond acceptors (Lipinski definition) is 3. The molecule has 1 heterocycles. The number of carbonyl (C=O) groups is 1. The van der Waals surface area contributed by atoms with E-state index in [0.29, 0.717) is 12.1 Å². The lowest BCUT2D eigenvalue weighted by Gasteiger charge is -2.18. The largest absolute Gasteiger partial charge is 0.398 e. The summed E-state index contributed by atoms with van der Waals surface area (Å²) >= 11 is 0. The molecule has 1 amide bonds. The lowest BCUT2D eigenvalue weighted by molar-refractivity contribution is -0.117. The fourth-order valence-corrected chi connectivity index (χ4v) is 3.04. The zero-order valence-electron chi connectivity index (χ0n) is 15.9. The van der Waals surface area contributed by atoms with Crippen molar-refractivity contribution in [3.05, 3.63) is 101 Å². The maximum absolute atomic E-state index is 13.7. The molecule has 3 N–H and O–H groups in total. The van der Waals surface area contributed by atoms with Gasteiger partial charge in [0.15, 0.2) is 11.6 Å². The molecular formula is C23H21F2N3O. The Labute approximate surface area is 168 Å². The molecule has 0 bridgehead atoms. The maximum Gasteiger partial charge on any atom is 0.244 e. The van der Waals surface area contributed by atoms with Crippen molar-refractivity contribution >= 4 is 17.7 Å². The van der Waals surface area contributed by atoms with Crippen LogP contribution in [0.25, 0.3) is 6.08 Å². The van der Waals surface area contributed by atoms with Crippen LogP contribution in [0.4, 0.5) is 14.5 Å². The number of anilines is 1. The predicted molar refractivity (Wildman–Crippen MR) is 110 cm³/mol. The van der Waals surface area contributed by atoms with E-state index < -0.39 is 17.5 Å². The van der Waals surface area contributed by atoms with E-state index in [-0.39, 0.29) is 11.6 Å². The molecule has 0 radical (unpaired) electrons. The summed E-state index contributed by atoms with van der Waals surface area (Å²) in [6, 6.07) is 13.0. The van der Waals surface area contributed by atoms with Gasteiger partial charge in [-0.15, -0.1) is 0 Å². The number of carbonyl (C=O) groups excluding carboxylic acids is 1. The molecule has 0 spiro atoms. The van der Waals surface area contributed by atoms with Crippen LogP contribution in [0.2, 0.25) is 0 Å². The van der Waals surface area contributed by atoms with Gasteiger partial charge in [-0.25, -0.2) is 8.78 Å². The van der Waals surface area contributed by atoms with Crippen LogP contribution in [-0.4, -0.2) is 10.9 Å². The molecule has 1 aromatic heterocycles. The van der Waals surface area contributed by atoms with Crippen molar-refractivity contribution < 1.29 is 13.6 Å². The second-order valence-electron chi connectivity index (χ2n) is 6.66. The summed E-state index contributed by atoms with van der Waals surface area (Å²) in [5, 5.41) is 2.80. The summed E-state index contributed by atoms with van der Waals surface area (Å²) in [5.74, 6) is -2.38. The molecule has 0 saturated carbocycles. The average Bonchev–Trinajstić information content (AvgIpc) is 2.71. The molecule has 148 valence electrons. The van der Waals surface area contributed by atoms with E-state index >= 15 is 0 Å². The van der Waals surface area contributed by atoms with Gasteiger partial charge >= 0.3 is 0 Å². The molecule has 6 heteroatoms. The van der Waals surface area contributed by atoms with Gasteiger partial charge in [-0.2, -0.15) is 0 Å². The molecular weight excluding hydrogens is 372 g/mol. The molecule has 4 nitrogen and oxygen atoms in total. The van der Waals surface area contributed by atoms with Crippen LogP contribution < -0.4 is 11.1 Å². The van der Waals surface area contributed by atoms with Gasteiger partial charge in [0.2, 0.25) is 5.91 Å². The van der Waals surface area contributed by atoms with Gasteiger partial charge in [0.25, 0.3) is 0 Å². The second kappa shape index (κ2) is 9.10. The Morgan fingerprint density at radius 2 is 1.97 bits per heavy atom. The second-order valence-corrected chi connectivity index (χ2v) is 6.66. The molecule has 0 unspecified atom stereocenters. The Morgan fingerprint density at radius 3 is 2.72 bits per heavy atom. The maximum atomic E-state index is 13.7. The van der Waals surface area contributed by atoms with Crippen LogP contribution in [-0.2, 0) is 11.2 Å². The number of hydrogen-bond donors (Lipinski definition) is 2. The highest BCUT2D eigenvalue weighted by atomic mass is 19.2. The lowest BCUT2D eigenvalue weighted by Crippen LogP contribution is -2.25. The van der Waals surface area contributed by atoms with Crippen LogP contribution in [0, 0.1) is 11.6 Å². The molecule has 0 aliphatic heterocycles. The minimum atomic E-state index is -0.989.